The number of aliphatic hydroxyl groups is 1. The number of aliphatic hydroxyl groups excluding tert-OH is 1. The quantitative estimate of drug-likeness (QED) is 0.541. The molecule has 6 aliphatic rings. The van der Waals surface area contributed by atoms with Crippen molar-refractivity contribution in [1.82, 2.24) is 0 Å². The van der Waals surface area contributed by atoms with Crippen LogP contribution in [-0.2, 0) is 14.2 Å². The smallest absolute Gasteiger partial charge is 0.171 e. The summed E-state index contributed by atoms with van der Waals surface area (Å²) in [5.74, 6) is 1.43. The molecule has 6 rings (SSSR count). The average molecular weight is 346 g/mol. The molecule has 0 aromatic carbocycles. The van der Waals surface area contributed by atoms with E-state index in [1.54, 1.807) is 5.57 Å². The maximum atomic E-state index is 10.6. The van der Waals surface area contributed by atoms with Gasteiger partial charge in [-0.3, -0.25) is 0 Å². The SMILES string of the molecule is C[C@@H]1CC23CC4(CCC2(O3)C2=CC[C@@]3(C)C(CC[C@@H]3O)C21)OCCO4. The molecule has 2 saturated heterocycles. The van der Waals surface area contributed by atoms with Crippen molar-refractivity contribution in [3.05, 3.63) is 11.6 Å². The Kier molecular flexibility index (Phi) is 2.82. The van der Waals surface area contributed by atoms with Gasteiger partial charge < -0.3 is 19.3 Å². The van der Waals surface area contributed by atoms with Crippen LogP contribution in [0.5, 0.6) is 0 Å². The van der Waals surface area contributed by atoms with Gasteiger partial charge in [-0.25, -0.2) is 0 Å². The first-order valence-corrected chi connectivity index (χ1v) is 10.3. The predicted octanol–water partition coefficient (Wildman–Crippen LogP) is 3.18. The Balaban J connectivity index is 1.39. The number of fused-ring (bicyclic) bond motifs is 3. The molecule has 0 amide bonds. The van der Waals surface area contributed by atoms with Crippen molar-refractivity contribution in [2.24, 2.45) is 23.2 Å². The van der Waals surface area contributed by atoms with E-state index in [1.165, 1.54) is 6.42 Å². The van der Waals surface area contributed by atoms with Crippen LogP contribution < -0.4 is 0 Å². The normalized spacial score (nSPS) is 58.1. The Labute approximate surface area is 149 Å². The molecule has 0 aromatic rings. The van der Waals surface area contributed by atoms with Gasteiger partial charge in [0.05, 0.1) is 19.3 Å². The minimum Gasteiger partial charge on any atom is -0.393 e. The summed E-state index contributed by atoms with van der Waals surface area (Å²) in [6, 6.07) is 0. The molecule has 2 aliphatic heterocycles. The van der Waals surface area contributed by atoms with Crippen molar-refractivity contribution < 1.29 is 19.3 Å². The largest absolute Gasteiger partial charge is 0.393 e. The number of epoxide rings is 1. The Bertz CT molecular complexity index is 652. The van der Waals surface area contributed by atoms with E-state index in [0.29, 0.717) is 17.8 Å². The topological polar surface area (TPSA) is 51.2 Å². The second-order valence-corrected chi connectivity index (χ2v) is 9.98. The molecule has 2 heterocycles. The summed E-state index contributed by atoms with van der Waals surface area (Å²) in [7, 11) is 0. The van der Waals surface area contributed by atoms with Gasteiger partial charge in [0.15, 0.2) is 5.79 Å². The van der Waals surface area contributed by atoms with Crippen LogP contribution in [0, 0.1) is 23.2 Å². The number of ether oxygens (including phenoxy) is 3. The summed E-state index contributed by atoms with van der Waals surface area (Å²) in [5, 5.41) is 10.6. The van der Waals surface area contributed by atoms with Gasteiger partial charge in [-0.1, -0.05) is 19.9 Å². The Hall–Kier alpha value is -0.420. The third kappa shape index (κ3) is 1.69. The average Bonchev–Trinajstić information content (AvgIpc) is 2.84. The molecular formula is C21H30O4. The van der Waals surface area contributed by atoms with Gasteiger partial charge in [-0.15, -0.1) is 0 Å². The molecular weight excluding hydrogens is 316 g/mol. The van der Waals surface area contributed by atoms with Crippen molar-refractivity contribution in [3.63, 3.8) is 0 Å². The second kappa shape index (κ2) is 4.52. The van der Waals surface area contributed by atoms with Crippen molar-refractivity contribution in [1.29, 1.82) is 0 Å². The molecule has 4 heteroatoms. The van der Waals surface area contributed by atoms with E-state index in [2.05, 4.69) is 19.9 Å². The summed E-state index contributed by atoms with van der Waals surface area (Å²) in [6.45, 7) is 6.18. The lowest BCUT2D eigenvalue weighted by Crippen LogP contribution is -2.54. The van der Waals surface area contributed by atoms with Crippen molar-refractivity contribution >= 4 is 0 Å². The zero-order chi connectivity index (χ0) is 17.1. The molecule has 3 saturated carbocycles. The van der Waals surface area contributed by atoms with Gasteiger partial charge >= 0.3 is 0 Å². The highest BCUT2D eigenvalue weighted by atomic mass is 16.7. The van der Waals surface area contributed by atoms with Crippen molar-refractivity contribution in [2.45, 2.75) is 81.9 Å². The standard InChI is InChI=1S/C21H30O4/c1-13-11-19-12-20(23-9-10-24-20)7-8-21(19,25-19)15-5-6-18(2)14(17(13)15)3-4-16(18)22/h5,13-14,16-17,22H,3-4,6-12H2,1-2H3/t13-,14?,16+,17?,18+,19?,21?/m1/s1. The first kappa shape index (κ1) is 15.6. The van der Waals surface area contributed by atoms with Gasteiger partial charge in [-0.05, 0) is 55.4 Å². The lowest BCUT2D eigenvalue weighted by atomic mass is 9.51. The Morgan fingerprint density at radius 1 is 1.16 bits per heavy atom. The zero-order valence-electron chi connectivity index (χ0n) is 15.4. The van der Waals surface area contributed by atoms with Crippen LogP contribution in [0.3, 0.4) is 0 Å². The van der Waals surface area contributed by atoms with Crippen LogP contribution in [0.15, 0.2) is 11.6 Å². The Morgan fingerprint density at radius 3 is 2.76 bits per heavy atom. The molecule has 0 aromatic heterocycles. The predicted molar refractivity (Wildman–Crippen MR) is 91.8 cm³/mol. The molecule has 7 atom stereocenters. The third-order valence-corrected chi connectivity index (χ3v) is 8.94. The van der Waals surface area contributed by atoms with Crippen molar-refractivity contribution in [3.8, 4) is 0 Å². The lowest BCUT2D eigenvalue weighted by Gasteiger charge is -2.52. The molecule has 138 valence electrons. The maximum absolute atomic E-state index is 10.6. The molecule has 5 fully saturated rings. The van der Waals surface area contributed by atoms with Gasteiger partial charge in [-0.2, -0.15) is 0 Å². The van der Waals surface area contributed by atoms with Gasteiger partial charge in [0, 0.05) is 18.3 Å². The molecule has 0 bridgehead atoms. The monoisotopic (exact) mass is 346 g/mol. The lowest BCUT2D eigenvalue weighted by molar-refractivity contribution is -0.186. The number of hydrogen-bond acceptors (Lipinski definition) is 4. The van der Waals surface area contributed by atoms with E-state index in [4.69, 9.17) is 14.2 Å². The molecule has 25 heavy (non-hydrogen) atoms. The van der Waals surface area contributed by atoms with Gasteiger partial charge in [0.1, 0.15) is 11.2 Å². The summed E-state index contributed by atoms with van der Waals surface area (Å²) < 4.78 is 18.7. The number of hydrogen-bond donors (Lipinski definition) is 1. The van der Waals surface area contributed by atoms with Gasteiger partial charge in [0.25, 0.3) is 0 Å². The molecule has 4 unspecified atom stereocenters. The Morgan fingerprint density at radius 2 is 1.96 bits per heavy atom. The van der Waals surface area contributed by atoms with E-state index < -0.39 is 0 Å². The minimum absolute atomic E-state index is 0.0421. The fourth-order valence-corrected chi connectivity index (χ4v) is 7.73. The van der Waals surface area contributed by atoms with Crippen LogP contribution >= 0.6 is 0 Å². The highest BCUT2D eigenvalue weighted by molar-refractivity contribution is 5.43. The van der Waals surface area contributed by atoms with E-state index in [0.717, 1.165) is 51.7 Å². The zero-order valence-corrected chi connectivity index (χ0v) is 15.4. The highest BCUT2D eigenvalue weighted by Crippen LogP contribution is 2.74. The first-order chi connectivity index (χ1) is 11.9. The van der Waals surface area contributed by atoms with Crippen LogP contribution in [0.25, 0.3) is 0 Å². The fraction of sp³-hybridized carbons (Fsp3) is 0.905. The second-order valence-electron chi connectivity index (χ2n) is 9.98. The molecule has 4 aliphatic carbocycles. The van der Waals surface area contributed by atoms with Crippen LogP contribution in [-0.4, -0.2) is 41.4 Å². The summed E-state index contributed by atoms with van der Waals surface area (Å²) in [5.41, 5.74) is 1.55. The van der Waals surface area contributed by atoms with Gasteiger partial charge in [0.2, 0.25) is 0 Å². The van der Waals surface area contributed by atoms with E-state index in [9.17, 15) is 5.11 Å². The first-order valence-electron chi connectivity index (χ1n) is 10.3. The summed E-state index contributed by atoms with van der Waals surface area (Å²) >= 11 is 0. The number of allylic oxidation sites excluding steroid dienone is 1. The highest BCUT2D eigenvalue weighted by Gasteiger charge is 2.80. The fourth-order valence-electron chi connectivity index (χ4n) is 7.73. The van der Waals surface area contributed by atoms with Crippen molar-refractivity contribution in [2.75, 3.05) is 13.2 Å². The summed E-state index contributed by atoms with van der Waals surface area (Å²) in [4.78, 5) is 0. The van der Waals surface area contributed by atoms with Crippen LogP contribution in [0.2, 0.25) is 0 Å². The van der Waals surface area contributed by atoms with E-state index >= 15 is 0 Å². The molecule has 1 N–H and O–H groups in total. The molecule has 0 radical (unpaired) electrons. The van der Waals surface area contributed by atoms with Crippen LogP contribution in [0.4, 0.5) is 0 Å². The minimum atomic E-state index is -0.375. The number of rotatable bonds is 0. The van der Waals surface area contributed by atoms with E-state index in [1.807, 2.05) is 0 Å². The molecule has 4 nitrogen and oxygen atoms in total. The van der Waals surface area contributed by atoms with E-state index in [-0.39, 0.29) is 28.5 Å². The molecule has 1 spiro atoms. The summed E-state index contributed by atoms with van der Waals surface area (Å²) in [6.07, 6.45) is 9.50. The van der Waals surface area contributed by atoms with Crippen LogP contribution in [0.1, 0.15) is 58.8 Å². The third-order valence-electron chi connectivity index (χ3n) is 8.94. The maximum Gasteiger partial charge on any atom is 0.171 e.